The molecule has 3 aromatic rings. The van der Waals surface area contributed by atoms with Crippen LogP contribution in [0.2, 0.25) is 0 Å². The largest absolute Gasteiger partial charge is 0.378 e. The zero-order valence-corrected chi connectivity index (χ0v) is 21.4. The molecule has 3 N–H and O–H groups in total. The van der Waals surface area contributed by atoms with Gasteiger partial charge >= 0.3 is 0 Å². The first-order chi connectivity index (χ1) is 18.6. The third-order valence-electron chi connectivity index (χ3n) is 6.76. The Hall–Kier alpha value is -4.21. The van der Waals surface area contributed by atoms with Crippen LogP contribution in [0.1, 0.15) is 41.7 Å². The van der Waals surface area contributed by atoms with Gasteiger partial charge in [-0.1, -0.05) is 72.8 Å². The first-order valence-corrected chi connectivity index (χ1v) is 12.4. The third kappa shape index (κ3) is 5.79. The van der Waals surface area contributed by atoms with E-state index in [0.717, 1.165) is 17.7 Å². The number of halogens is 2. The smallest absolute Gasteiger partial charge is 0.263 e. The van der Waals surface area contributed by atoms with Crippen molar-refractivity contribution in [3.63, 3.8) is 0 Å². The lowest BCUT2D eigenvalue weighted by Gasteiger charge is -2.37. The highest BCUT2D eigenvalue weighted by Crippen LogP contribution is 2.36. The highest BCUT2D eigenvalue weighted by molar-refractivity contribution is 6.04. The molecule has 0 bridgehead atoms. The number of aliphatic hydroxyl groups excluding tert-OH is 1. The monoisotopic (exact) mass is 533 g/mol. The summed E-state index contributed by atoms with van der Waals surface area (Å²) in [5.74, 6) is -5.55. The molecular formula is C30H29F2N3O4. The molecule has 0 fully saturated rings. The lowest BCUT2D eigenvalue weighted by Crippen LogP contribution is -2.58. The highest BCUT2D eigenvalue weighted by Gasteiger charge is 2.46. The molecule has 3 aromatic carbocycles. The molecule has 0 aliphatic carbocycles. The Morgan fingerprint density at radius 1 is 0.897 bits per heavy atom. The van der Waals surface area contributed by atoms with Crippen molar-refractivity contribution in [3.05, 3.63) is 119 Å². The molecule has 9 heteroatoms. The molecule has 0 radical (unpaired) electrons. The normalized spacial score (nSPS) is 20.7. The lowest BCUT2D eigenvalue weighted by atomic mass is 9.88. The van der Waals surface area contributed by atoms with Crippen LogP contribution in [-0.4, -0.2) is 51.8 Å². The van der Waals surface area contributed by atoms with Crippen LogP contribution >= 0.6 is 0 Å². The molecule has 202 valence electrons. The second-order valence-corrected chi connectivity index (χ2v) is 9.51. The minimum Gasteiger partial charge on any atom is -0.378 e. The number of carbonyl (C=O) groups excluding carboxylic acids is 3. The average Bonchev–Trinajstić information content (AvgIpc) is 3.05. The Kier molecular flexibility index (Phi) is 8.32. The third-order valence-corrected chi connectivity index (χ3v) is 6.76. The van der Waals surface area contributed by atoms with E-state index in [0.29, 0.717) is 16.5 Å². The van der Waals surface area contributed by atoms with Crippen LogP contribution in [0.5, 0.6) is 0 Å². The maximum Gasteiger partial charge on any atom is 0.263 e. The Bertz CT molecular complexity index is 1360. The Morgan fingerprint density at radius 3 is 1.97 bits per heavy atom. The number of aliphatic hydroxyl groups is 1. The molecule has 0 unspecified atom stereocenters. The summed E-state index contributed by atoms with van der Waals surface area (Å²) in [5, 5.41) is 10.9. The zero-order valence-electron chi connectivity index (χ0n) is 21.4. The first kappa shape index (κ1) is 27.8. The summed E-state index contributed by atoms with van der Waals surface area (Å²) in [6, 6.07) is 17.1. The summed E-state index contributed by atoms with van der Waals surface area (Å²) in [6.45, 7) is 1.35. The Labute approximate surface area is 225 Å². The molecule has 1 aliphatic rings. The number of nitrogens with two attached hydrogens (primary N) is 1. The van der Waals surface area contributed by atoms with Gasteiger partial charge in [-0.15, -0.1) is 0 Å². The van der Waals surface area contributed by atoms with Crippen LogP contribution in [0.4, 0.5) is 8.78 Å². The van der Waals surface area contributed by atoms with Crippen molar-refractivity contribution < 1.29 is 28.3 Å². The van der Waals surface area contributed by atoms with Gasteiger partial charge in [0.15, 0.2) is 6.10 Å². The lowest BCUT2D eigenvalue weighted by molar-refractivity contribution is -0.160. The molecule has 0 spiro atoms. The SMILES string of the molecule is C[C@H](N)C(=O)N(C(=O)[C@@H](O)c1cc(F)cc(F)c1)[C@@H]1C(=O)N(C)[C@@H](c2ccccc2)C=C[C@@H]1c1ccccc1. The number of likely N-dealkylation sites (N-methyl/N-ethyl adjacent to an activating group) is 1. The van der Waals surface area contributed by atoms with Crippen molar-refractivity contribution >= 4 is 17.7 Å². The van der Waals surface area contributed by atoms with Crippen molar-refractivity contribution in [1.29, 1.82) is 0 Å². The van der Waals surface area contributed by atoms with Gasteiger partial charge < -0.3 is 15.7 Å². The number of benzene rings is 3. The first-order valence-electron chi connectivity index (χ1n) is 12.4. The van der Waals surface area contributed by atoms with Gasteiger partial charge in [-0.3, -0.25) is 19.3 Å². The van der Waals surface area contributed by atoms with E-state index in [2.05, 4.69) is 0 Å². The van der Waals surface area contributed by atoms with Crippen LogP contribution in [0, 0.1) is 11.6 Å². The van der Waals surface area contributed by atoms with E-state index in [1.54, 1.807) is 43.5 Å². The van der Waals surface area contributed by atoms with Gasteiger partial charge in [0, 0.05) is 19.0 Å². The summed E-state index contributed by atoms with van der Waals surface area (Å²) < 4.78 is 27.8. The van der Waals surface area contributed by atoms with Crippen LogP contribution in [0.3, 0.4) is 0 Å². The Morgan fingerprint density at radius 2 is 1.44 bits per heavy atom. The van der Waals surface area contributed by atoms with Crippen molar-refractivity contribution in [1.82, 2.24) is 9.80 Å². The number of hydrogen-bond acceptors (Lipinski definition) is 5. The van der Waals surface area contributed by atoms with Crippen molar-refractivity contribution in [2.24, 2.45) is 5.73 Å². The maximum atomic E-state index is 14.2. The van der Waals surface area contributed by atoms with Gasteiger partial charge in [0.05, 0.1) is 12.1 Å². The molecule has 0 saturated heterocycles. The molecule has 4 rings (SSSR count). The molecule has 39 heavy (non-hydrogen) atoms. The molecule has 3 amide bonds. The van der Waals surface area contributed by atoms with E-state index >= 15 is 0 Å². The number of rotatable bonds is 6. The standard InChI is InChI=1S/C30H29F2N3O4/c1-18(33)28(37)35(30(39)27(36)21-15-22(31)17-23(32)16-21)26-24(19-9-5-3-6-10-19)13-14-25(34(2)29(26)38)20-11-7-4-8-12-20/h3-18,24-27,36H,33H2,1-2H3/t18-,24+,25+,26-,27-/m0/s1. The van der Waals surface area contributed by atoms with Gasteiger partial charge in [0.1, 0.15) is 17.7 Å². The van der Waals surface area contributed by atoms with E-state index in [4.69, 9.17) is 5.73 Å². The Balaban J connectivity index is 1.86. The number of hydrogen-bond donors (Lipinski definition) is 2. The summed E-state index contributed by atoms with van der Waals surface area (Å²) in [4.78, 5) is 43.5. The molecule has 0 saturated carbocycles. The summed E-state index contributed by atoms with van der Waals surface area (Å²) >= 11 is 0. The minimum atomic E-state index is -2.13. The second-order valence-electron chi connectivity index (χ2n) is 9.51. The van der Waals surface area contributed by atoms with Crippen LogP contribution in [0.25, 0.3) is 0 Å². The zero-order chi connectivity index (χ0) is 28.3. The van der Waals surface area contributed by atoms with Gasteiger partial charge in [-0.05, 0) is 35.7 Å². The molecule has 7 nitrogen and oxygen atoms in total. The highest BCUT2D eigenvalue weighted by atomic mass is 19.1. The molecular weight excluding hydrogens is 504 g/mol. The number of nitrogens with zero attached hydrogens (tertiary/aromatic N) is 2. The number of carbonyl (C=O) groups is 3. The molecule has 0 aromatic heterocycles. The van der Waals surface area contributed by atoms with Crippen LogP contribution in [-0.2, 0) is 14.4 Å². The van der Waals surface area contributed by atoms with Crippen LogP contribution in [0.15, 0.2) is 91.0 Å². The van der Waals surface area contributed by atoms with Gasteiger partial charge in [0.25, 0.3) is 5.91 Å². The predicted molar refractivity (Wildman–Crippen MR) is 141 cm³/mol. The van der Waals surface area contributed by atoms with Crippen LogP contribution < -0.4 is 5.73 Å². The molecule has 1 aliphatic heterocycles. The van der Waals surface area contributed by atoms with Crippen molar-refractivity contribution in [2.45, 2.75) is 37.1 Å². The average molecular weight is 534 g/mol. The van der Waals surface area contributed by atoms with Gasteiger partial charge in [-0.2, -0.15) is 0 Å². The fourth-order valence-electron chi connectivity index (χ4n) is 4.79. The van der Waals surface area contributed by atoms with E-state index in [9.17, 15) is 28.3 Å². The van der Waals surface area contributed by atoms with Gasteiger partial charge in [0.2, 0.25) is 11.8 Å². The summed E-state index contributed by atoms with van der Waals surface area (Å²) in [7, 11) is 1.56. The van der Waals surface area contributed by atoms with Gasteiger partial charge in [-0.25, -0.2) is 8.78 Å². The molecule has 1 heterocycles. The summed E-state index contributed by atoms with van der Waals surface area (Å²) in [5.41, 5.74) is 6.95. The van der Waals surface area contributed by atoms with E-state index < -0.39 is 65.1 Å². The topological polar surface area (TPSA) is 104 Å². The van der Waals surface area contributed by atoms with Crippen molar-refractivity contribution in [2.75, 3.05) is 7.05 Å². The predicted octanol–water partition coefficient (Wildman–Crippen LogP) is 3.62. The second kappa shape index (κ2) is 11.7. The van der Waals surface area contributed by atoms with Crippen molar-refractivity contribution in [3.8, 4) is 0 Å². The maximum absolute atomic E-state index is 14.2. The number of amides is 3. The molecule has 5 atom stereocenters. The fourth-order valence-corrected chi connectivity index (χ4v) is 4.79. The minimum absolute atomic E-state index is 0.400. The van der Waals surface area contributed by atoms with E-state index in [1.165, 1.54) is 11.8 Å². The fraction of sp³-hybridized carbons (Fsp3) is 0.233. The quantitative estimate of drug-likeness (QED) is 0.471. The summed E-state index contributed by atoms with van der Waals surface area (Å²) in [6.07, 6.45) is 1.44. The van der Waals surface area contributed by atoms with E-state index in [1.807, 2.05) is 36.4 Å². The van der Waals surface area contributed by atoms with E-state index in [-0.39, 0.29) is 0 Å². The number of imide groups is 1.